The summed E-state index contributed by atoms with van der Waals surface area (Å²) in [4.78, 5) is 0. The van der Waals surface area contributed by atoms with Gasteiger partial charge in [0.25, 0.3) is 0 Å². The molecule has 90 valence electrons. The quantitative estimate of drug-likeness (QED) is 0.876. The second-order valence-electron chi connectivity index (χ2n) is 4.41. The molecule has 1 aromatic carbocycles. The summed E-state index contributed by atoms with van der Waals surface area (Å²) in [7, 11) is 0. The van der Waals surface area contributed by atoms with Crippen LogP contribution < -0.4 is 4.74 Å². The highest BCUT2D eigenvalue weighted by molar-refractivity contribution is 5.35. The summed E-state index contributed by atoms with van der Waals surface area (Å²) in [5, 5.41) is 7.11. The molecule has 0 amide bonds. The number of ether oxygens (including phenoxy) is 1. The van der Waals surface area contributed by atoms with Crippen molar-refractivity contribution in [3.63, 3.8) is 0 Å². The molecule has 0 radical (unpaired) electrons. The first-order valence-corrected chi connectivity index (χ1v) is 5.86. The van der Waals surface area contributed by atoms with Gasteiger partial charge in [0.15, 0.2) is 0 Å². The van der Waals surface area contributed by atoms with Crippen LogP contribution in [0.1, 0.15) is 22.5 Å². The Balaban J connectivity index is 1.90. The van der Waals surface area contributed by atoms with Crippen LogP contribution in [0.3, 0.4) is 0 Å². The minimum absolute atomic E-state index is 0.661. The molecule has 0 saturated heterocycles. The first-order chi connectivity index (χ1) is 8.15. The third kappa shape index (κ3) is 3.09. The minimum atomic E-state index is 0.661. The van der Waals surface area contributed by atoms with E-state index in [2.05, 4.69) is 36.2 Å². The molecular formula is C14H18N2O. The Kier molecular flexibility index (Phi) is 3.47. The van der Waals surface area contributed by atoms with Crippen molar-refractivity contribution in [2.24, 2.45) is 0 Å². The molecule has 0 aliphatic heterocycles. The number of nitrogens with zero attached hydrogens (tertiary/aromatic N) is 1. The van der Waals surface area contributed by atoms with Crippen LogP contribution in [0.2, 0.25) is 0 Å². The van der Waals surface area contributed by atoms with Crippen LogP contribution in [-0.2, 0) is 6.42 Å². The molecule has 0 bridgehead atoms. The SMILES string of the molecule is Cc1ccc(OCCc2cc(C)[nH]n2)c(C)c1. The fraction of sp³-hybridized carbons (Fsp3) is 0.357. The fourth-order valence-corrected chi connectivity index (χ4v) is 1.83. The number of hydrogen-bond acceptors (Lipinski definition) is 2. The van der Waals surface area contributed by atoms with Crippen LogP contribution in [0.15, 0.2) is 24.3 Å². The molecule has 17 heavy (non-hydrogen) atoms. The zero-order chi connectivity index (χ0) is 12.3. The summed E-state index contributed by atoms with van der Waals surface area (Å²) in [6, 6.07) is 8.28. The van der Waals surface area contributed by atoms with Gasteiger partial charge in [-0.25, -0.2) is 0 Å². The van der Waals surface area contributed by atoms with E-state index in [1.165, 1.54) is 11.1 Å². The van der Waals surface area contributed by atoms with E-state index in [1.807, 2.05) is 19.1 Å². The van der Waals surface area contributed by atoms with E-state index >= 15 is 0 Å². The summed E-state index contributed by atoms with van der Waals surface area (Å²) in [6.45, 7) is 6.82. The molecular weight excluding hydrogens is 212 g/mol. The molecule has 3 nitrogen and oxygen atoms in total. The number of hydrogen-bond donors (Lipinski definition) is 1. The number of benzene rings is 1. The Hall–Kier alpha value is -1.77. The van der Waals surface area contributed by atoms with Gasteiger partial charge in [-0.2, -0.15) is 5.10 Å². The van der Waals surface area contributed by atoms with Gasteiger partial charge in [0.2, 0.25) is 0 Å². The first kappa shape index (κ1) is 11.7. The molecule has 1 N–H and O–H groups in total. The number of aryl methyl sites for hydroxylation is 3. The average molecular weight is 230 g/mol. The standard InChI is InChI=1S/C14H18N2O/c1-10-4-5-14(11(2)8-10)17-7-6-13-9-12(3)15-16-13/h4-5,8-9H,6-7H2,1-3H3,(H,15,16). The van der Waals surface area contributed by atoms with Crippen LogP contribution in [0.4, 0.5) is 0 Å². The zero-order valence-electron chi connectivity index (χ0n) is 10.6. The summed E-state index contributed by atoms with van der Waals surface area (Å²) >= 11 is 0. The Labute approximate surface area is 102 Å². The minimum Gasteiger partial charge on any atom is -0.493 e. The molecule has 3 heteroatoms. The van der Waals surface area contributed by atoms with E-state index in [1.54, 1.807) is 0 Å². The lowest BCUT2D eigenvalue weighted by molar-refractivity contribution is 0.318. The molecule has 0 atom stereocenters. The highest BCUT2D eigenvalue weighted by Gasteiger charge is 2.01. The summed E-state index contributed by atoms with van der Waals surface area (Å²) in [5.74, 6) is 0.961. The van der Waals surface area contributed by atoms with E-state index in [4.69, 9.17) is 4.74 Å². The maximum Gasteiger partial charge on any atom is 0.122 e. The van der Waals surface area contributed by atoms with Crippen molar-refractivity contribution in [2.45, 2.75) is 27.2 Å². The van der Waals surface area contributed by atoms with Gasteiger partial charge in [0.1, 0.15) is 5.75 Å². The predicted molar refractivity (Wildman–Crippen MR) is 68.4 cm³/mol. The van der Waals surface area contributed by atoms with Crippen LogP contribution in [0, 0.1) is 20.8 Å². The van der Waals surface area contributed by atoms with Gasteiger partial charge in [-0.1, -0.05) is 17.7 Å². The molecule has 2 rings (SSSR count). The molecule has 0 saturated carbocycles. The lowest BCUT2D eigenvalue weighted by Gasteiger charge is -2.08. The van der Waals surface area contributed by atoms with Crippen molar-refractivity contribution in [3.8, 4) is 5.75 Å². The maximum absolute atomic E-state index is 5.75. The number of aromatic amines is 1. The van der Waals surface area contributed by atoms with Crippen LogP contribution in [-0.4, -0.2) is 16.8 Å². The van der Waals surface area contributed by atoms with Crippen molar-refractivity contribution in [1.29, 1.82) is 0 Å². The van der Waals surface area contributed by atoms with Gasteiger partial charge in [0, 0.05) is 12.1 Å². The number of aromatic nitrogens is 2. The van der Waals surface area contributed by atoms with Gasteiger partial charge in [-0.3, -0.25) is 5.10 Å². The van der Waals surface area contributed by atoms with Crippen molar-refractivity contribution in [2.75, 3.05) is 6.61 Å². The molecule has 1 heterocycles. The summed E-state index contributed by atoms with van der Waals surface area (Å²) in [5.41, 5.74) is 4.58. The summed E-state index contributed by atoms with van der Waals surface area (Å²) < 4.78 is 5.75. The number of rotatable bonds is 4. The topological polar surface area (TPSA) is 37.9 Å². The van der Waals surface area contributed by atoms with Gasteiger partial charge in [0.05, 0.1) is 12.3 Å². The van der Waals surface area contributed by atoms with Crippen LogP contribution in [0.25, 0.3) is 0 Å². The molecule has 1 aromatic heterocycles. The zero-order valence-corrected chi connectivity index (χ0v) is 10.6. The third-order valence-corrected chi connectivity index (χ3v) is 2.71. The van der Waals surface area contributed by atoms with Crippen molar-refractivity contribution in [3.05, 3.63) is 46.8 Å². The van der Waals surface area contributed by atoms with Gasteiger partial charge >= 0.3 is 0 Å². The lowest BCUT2D eigenvalue weighted by Crippen LogP contribution is -2.02. The monoisotopic (exact) mass is 230 g/mol. The van der Waals surface area contributed by atoms with Crippen molar-refractivity contribution in [1.82, 2.24) is 10.2 Å². The van der Waals surface area contributed by atoms with E-state index in [0.29, 0.717) is 6.61 Å². The third-order valence-electron chi connectivity index (χ3n) is 2.71. The molecule has 0 spiro atoms. The summed E-state index contributed by atoms with van der Waals surface area (Å²) in [6.07, 6.45) is 0.831. The largest absolute Gasteiger partial charge is 0.493 e. The normalized spacial score (nSPS) is 10.5. The molecule has 0 aliphatic carbocycles. The second kappa shape index (κ2) is 5.04. The van der Waals surface area contributed by atoms with Crippen molar-refractivity contribution < 1.29 is 4.74 Å². The van der Waals surface area contributed by atoms with Gasteiger partial charge in [-0.15, -0.1) is 0 Å². The Morgan fingerprint density at radius 2 is 2.00 bits per heavy atom. The highest BCUT2D eigenvalue weighted by atomic mass is 16.5. The van der Waals surface area contributed by atoms with Gasteiger partial charge in [-0.05, 0) is 38.5 Å². The van der Waals surface area contributed by atoms with E-state index in [0.717, 1.165) is 23.6 Å². The van der Waals surface area contributed by atoms with E-state index in [9.17, 15) is 0 Å². The van der Waals surface area contributed by atoms with Gasteiger partial charge < -0.3 is 4.74 Å². The molecule has 0 unspecified atom stereocenters. The van der Waals surface area contributed by atoms with E-state index < -0.39 is 0 Å². The second-order valence-corrected chi connectivity index (χ2v) is 4.41. The molecule has 2 aromatic rings. The maximum atomic E-state index is 5.75. The van der Waals surface area contributed by atoms with Crippen LogP contribution in [0.5, 0.6) is 5.75 Å². The Morgan fingerprint density at radius 1 is 1.18 bits per heavy atom. The molecule has 0 fully saturated rings. The Bertz CT molecular complexity index is 503. The first-order valence-electron chi connectivity index (χ1n) is 5.86. The Morgan fingerprint density at radius 3 is 2.65 bits per heavy atom. The smallest absolute Gasteiger partial charge is 0.122 e. The highest BCUT2D eigenvalue weighted by Crippen LogP contribution is 2.18. The number of nitrogens with one attached hydrogen (secondary N) is 1. The number of H-pyrrole nitrogens is 1. The average Bonchev–Trinajstić information content (AvgIpc) is 2.68. The van der Waals surface area contributed by atoms with Crippen molar-refractivity contribution >= 4 is 0 Å². The van der Waals surface area contributed by atoms with Crippen LogP contribution >= 0.6 is 0 Å². The van der Waals surface area contributed by atoms with E-state index in [-0.39, 0.29) is 0 Å². The fourth-order valence-electron chi connectivity index (χ4n) is 1.83. The lowest BCUT2D eigenvalue weighted by atomic mass is 10.1. The molecule has 0 aliphatic rings. The predicted octanol–water partition coefficient (Wildman–Crippen LogP) is 2.96.